The number of carbonyl (C=O) groups is 2. The lowest BCUT2D eigenvalue weighted by atomic mass is 10.2. The van der Waals surface area contributed by atoms with E-state index >= 15 is 0 Å². The van der Waals surface area contributed by atoms with Crippen LogP contribution in [0.5, 0.6) is 0 Å². The molecule has 1 aromatic carbocycles. The van der Waals surface area contributed by atoms with Crippen molar-refractivity contribution < 1.29 is 14.3 Å². The van der Waals surface area contributed by atoms with Crippen molar-refractivity contribution in [2.75, 3.05) is 0 Å². The number of amides is 1. The zero-order valence-electron chi connectivity index (χ0n) is 14.5. The first-order valence-electron chi connectivity index (χ1n) is 8.23. The summed E-state index contributed by atoms with van der Waals surface area (Å²) < 4.78 is 7.00. The van der Waals surface area contributed by atoms with E-state index in [4.69, 9.17) is 16.3 Å². The summed E-state index contributed by atoms with van der Waals surface area (Å²) >= 11 is 7.60. The first-order valence-corrected chi connectivity index (χ1v) is 9.49. The standard InChI is InChI=1S/C19H19ClN2O3S/c1-12(2)25-19(24)16-9-13-7-8-26-18(13)22(16)11-17(23)21-10-14-5-3-4-6-15(14)20/h3-9,12H,10-11H2,1-2H3,(H,21,23). The fourth-order valence-electron chi connectivity index (χ4n) is 2.61. The van der Waals surface area contributed by atoms with Crippen molar-refractivity contribution in [3.8, 4) is 0 Å². The van der Waals surface area contributed by atoms with Crippen molar-refractivity contribution in [2.45, 2.75) is 33.0 Å². The van der Waals surface area contributed by atoms with Crippen LogP contribution in [0.3, 0.4) is 0 Å². The van der Waals surface area contributed by atoms with Crippen molar-refractivity contribution in [3.63, 3.8) is 0 Å². The molecule has 3 aromatic rings. The van der Waals surface area contributed by atoms with Gasteiger partial charge in [0.15, 0.2) is 0 Å². The number of ether oxygens (including phenoxy) is 1. The van der Waals surface area contributed by atoms with Gasteiger partial charge in [-0.15, -0.1) is 11.3 Å². The Labute approximate surface area is 160 Å². The van der Waals surface area contributed by atoms with E-state index in [0.717, 1.165) is 15.8 Å². The SMILES string of the molecule is CC(C)OC(=O)c1cc2ccsc2n1CC(=O)NCc1ccccc1Cl. The lowest BCUT2D eigenvalue weighted by molar-refractivity contribution is -0.121. The zero-order valence-corrected chi connectivity index (χ0v) is 16.1. The van der Waals surface area contributed by atoms with Crippen molar-refractivity contribution >= 4 is 45.0 Å². The summed E-state index contributed by atoms with van der Waals surface area (Å²) in [7, 11) is 0. The molecule has 0 aliphatic rings. The number of esters is 1. The Morgan fingerprint density at radius 1 is 1.27 bits per heavy atom. The highest BCUT2D eigenvalue weighted by Crippen LogP contribution is 2.26. The Balaban J connectivity index is 1.76. The molecule has 0 aliphatic heterocycles. The van der Waals surface area contributed by atoms with Crippen molar-refractivity contribution in [1.82, 2.24) is 9.88 Å². The molecule has 0 radical (unpaired) electrons. The predicted octanol–water partition coefficient (Wildman–Crippen LogP) is 4.24. The molecule has 1 N–H and O–H groups in total. The summed E-state index contributed by atoms with van der Waals surface area (Å²) in [6.07, 6.45) is -0.224. The summed E-state index contributed by atoms with van der Waals surface area (Å²) in [5, 5.41) is 6.31. The Bertz CT molecular complexity index is 945. The molecule has 0 saturated carbocycles. The van der Waals surface area contributed by atoms with Crippen LogP contribution in [0.1, 0.15) is 29.9 Å². The molecule has 0 bridgehead atoms. The first-order chi connectivity index (χ1) is 12.5. The number of halogens is 1. The van der Waals surface area contributed by atoms with Gasteiger partial charge in [-0.3, -0.25) is 4.79 Å². The van der Waals surface area contributed by atoms with Gasteiger partial charge in [-0.05, 0) is 43.0 Å². The smallest absolute Gasteiger partial charge is 0.355 e. The van der Waals surface area contributed by atoms with Gasteiger partial charge in [0, 0.05) is 17.0 Å². The normalized spacial score (nSPS) is 11.1. The van der Waals surface area contributed by atoms with Crippen LogP contribution < -0.4 is 5.32 Å². The molecule has 26 heavy (non-hydrogen) atoms. The third kappa shape index (κ3) is 4.08. The minimum atomic E-state index is -0.428. The highest BCUT2D eigenvalue weighted by atomic mass is 35.5. The number of nitrogens with one attached hydrogen (secondary N) is 1. The topological polar surface area (TPSA) is 60.3 Å². The lowest BCUT2D eigenvalue weighted by Gasteiger charge is -2.12. The maximum Gasteiger partial charge on any atom is 0.355 e. The zero-order chi connectivity index (χ0) is 18.7. The second kappa shape index (κ2) is 7.93. The number of benzene rings is 1. The van der Waals surface area contributed by atoms with Gasteiger partial charge in [-0.25, -0.2) is 4.79 Å². The quantitative estimate of drug-likeness (QED) is 0.640. The minimum absolute atomic E-state index is 0.0387. The van der Waals surface area contributed by atoms with E-state index < -0.39 is 5.97 Å². The third-order valence-corrected chi connectivity index (χ3v) is 5.11. The van der Waals surface area contributed by atoms with Gasteiger partial charge >= 0.3 is 5.97 Å². The monoisotopic (exact) mass is 390 g/mol. The minimum Gasteiger partial charge on any atom is -0.458 e. The van der Waals surface area contributed by atoms with Crippen molar-refractivity contribution in [1.29, 1.82) is 0 Å². The van der Waals surface area contributed by atoms with Crippen LogP contribution in [-0.4, -0.2) is 22.5 Å². The van der Waals surface area contributed by atoms with Gasteiger partial charge in [0.05, 0.1) is 6.10 Å². The van der Waals surface area contributed by atoms with Crippen LogP contribution in [0.15, 0.2) is 41.8 Å². The molecular weight excluding hydrogens is 372 g/mol. The largest absolute Gasteiger partial charge is 0.458 e. The van der Waals surface area contributed by atoms with E-state index in [2.05, 4.69) is 5.32 Å². The van der Waals surface area contributed by atoms with E-state index in [1.54, 1.807) is 30.5 Å². The van der Waals surface area contributed by atoms with Crippen LogP contribution in [0, 0.1) is 0 Å². The Kier molecular flexibility index (Phi) is 5.64. The molecule has 2 heterocycles. The lowest BCUT2D eigenvalue weighted by Crippen LogP contribution is -2.28. The molecule has 0 spiro atoms. The average molecular weight is 391 g/mol. The molecule has 7 heteroatoms. The predicted molar refractivity (Wildman–Crippen MR) is 104 cm³/mol. The number of rotatable bonds is 6. The summed E-state index contributed by atoms with van der Waals surface area (Å²) in [4.78, 5) is 25.7. The fourth-order valence-corrected chi connectivity index (χ4v) is 3.71. The summed E-state index contributed by atoms with van der Waals surface area (Å²) in [6.45, 7) is 3.96. The van der Waals surface area contributed by atoms with E-state index in [1.165, 1.54) is 11.3 Å². The Morgan fingerprint density at radius 2 is 2.04 bits per heavy atom. The number of carbonyl (C=O) groups excluding carboxylic acids is 2. The second-order valence-corrected chi connectivity index (χ2v) is 7.42. The number of thiophene rings is 1. The molecule has 3 rings (SSSR count). The highest BCUT2D eigenvalue weighted by Gasteiger charge is 2.20. The molecule has 0 atom stereocenters. The molecular formula is C19H19ClN2O3S. The molecule has 0 unspecified atom stereocenters. The van der Waals surface area contributed by atoms with Crippen LogP contribution in [0.2, 0.25) is 5.02 Å². The second-order valence-electron chi connectivity index (χ2n) is 6.12. The van der Waals surface area contributed by atoms with Gasteiger partial charge in [-0.2, -0.15) is 0 Å². The first kappa shape index (κ1) is 18.5. The van der Waals surface area contributed by atoms with Crippen LogP contribution in [0.25, 0.3) is 10.2 Å². The van der Waals surface area contributed by atoms with Crippen LogP contribution in [0.4, 0.5) is 0 Å². The third-order valence-electron chi connectivity index (χ3n) is 3.79. The summed E-state index contributed by atoms with van der Waals surface area (Å²) in [6, 6.07) is 11.0. The number of nitrogens with zero attached hydrogens (tertiary/aromatic N) is 1. The highest BCUT2D eigenvalue weighted by molar-refractivity contribution is 7.16. The van der Waals surface area contributed by atoms with Gasteiger partial charge in [-0.1, -0.05) is 29.8 Å². The van der Waals surface area contributed by atoms with Crippen molar-refractivity contribution in [3.05, 3.63) is 58.1 Å². The molecule has 0 saturated heterocycles. The molecule has 5 nitrogen and oxygen atoms in total. The van der Waals surface area contributed by atoms with E-state index in [1.807, 2.05) is 29.6 Å². The van der Waals surface area contributed by atoms with Gasteiger partial charge in [0.2, 0.25) is 5.91 Å². The van der Waals surface area contributed by atoms with E-state index in [9.17, 15) is 9.59 Å². The summed E-state index contributed by atoms with van der Waals surface area (Å²) in [5.74, 6) is -0.628. The number of fused-ring (bicyclic) bond motifs is 1. The van der Waals surface area contributed by atoms with Crippen molar-refractivity contribution in [2.24, 2.45) is 0 Å². The average Bonchev–Trinajstić information content (AvgIpc) is 3.16. The summed E-state index contributed by atoms with van der Waals surface area (Å²) in [5.41, 5.74) is 1.23. The molecule has 2 aromatic heterocycles. The number of hydrogen-bond acceptors (Lipinski definition) is 4. The van der Waals surface area contributed by atoms with E-state index in [-0.39, 0.29) is 18.6 Å². The number of hydrogen-bond donors (Lipinski definition) is 1. The van der Waals surface area contributed by atoms with E-state index in [0.29, 0.717) is 17.3 Å². The Hall–Kier alpha value is -2.31. The van der Waals surface area contributed by atoms with Gasteiger partial charge in [0.25, 0.3) is 0 Å². The van der Waals surface area contributed by atoms with Gasteiger partial charge in [0.1, 0.15) is 17.1 Å². The molecule has 0 aliphatic carbocycles. The van der Waals surface area contributed by atoms with Crippen LogP contribution in [-0.2, 0) is 22.6 Å². The maximum absolute atomic E-state index is 12.4. The molecule has 0 fully saturated rings. The molecule has 136 valence electrons. The van der Waals surface area contributed by atoms with Crippen LogP contribution >= 0.6 is 22.9 Å². The Morgan fingerprint density at radius 3 is 2.77 bits per heavy atom. The van der Waals surface area contributed by atoms with Gasteiger partial charge < -0.3 is 14.6 Å². The maximum atomic E-state index is 12.4. The number of aromatic nitrogens is 1. The fraction of sp³-hybridized carbons (Fsp3) is 0.263. The molecule has 1 amide bonds.